The molecule has 2 aliphatic heterocycles. The number of nitrogens with zero attached hydrogens (tertiary/aromatic N) is 1. The summed E-state index contributed by atoms with van der Waals surface area (Å²) in [5.74, 6) is 1.20. The van der Waals surface area contributed by atoms with E-state index < -0.39 is 0 Å². The number of benzene rings is 1. The van der Waals surface area contributed by atoms with Crippen molar-refractivity contribution in [2.75, 3.05) is 7.05 Å². The van der Waals surface area contributed by atoms with Crippen LogP contribution in [0.1, 0.15) is 69.8 Å². The Morgan fingerprint density at radius 2 is 2.03 bits per heavy atom. The van der Waals surface area contributed by atoms with E-state index in [9.17, 15) is 0 Å². The lowest BCUT2D eigenvalue weighted by molar-refractivity contribution is -0.136. The Morgan fingerprint density at radius 3 is 2.94 bits per heavy atom. The molecule has 2 saturated carbocycles. The largest absolute Gasteiger partial charge is 0.359 e. The first-order valence-corrected chi connectivity index (χ1v) is 12.7. The molecule has 6 atom stereocenters. The number of aromatic nitrogens is 1. The number of hydrogen-bond donors (Lipinski definition) is 1. The van der Waals surface area contributed by atoms with E-state index in [1.165, 1.54) is 66.9 Å². The molecule has 2 bridgehead atoms. The van der Waals surface area contributed by atoms with Gasteiger partial charge in [-0.15, -0.1) is 0 Å². The first-order chi connectivity index (χ1) is 15.6. The second kappa shape index (κ2) is 6.55. The summed E-state index contributed by atoms with van der Waals surface area (Å²) in [6.45, 7) is 2.57. The van der Waals surface area contributed by atoms with E-state index in [1.807, 2.05) is 12.4 Å². The van der Waals surface area contributed by atoms with Gasteiger partial charge in [-0.2, -0.15) is 0 Å². The zero-order valence-corrected chi connectivity index (χ0v) is 19.4. The van der Waals surface area contributed by atoms with Gasteiger partial charge in [-0.05, 0) is 110 Å². The second-order valence-corrected chi connectivity index (χ2v) is 11.4. The summed E-state index contributed by atoms with van der Waals surface area (Å²) in [5.41, 5.74) is 4.80. The van der Waals surface area contributed by atoms with E-state index in [-0.39, 0.29) is 16.6 Å². The predicted octanol–water partition coefficient (Wildman–Crippen LogP) is 6.06. The third kappa shape index (κ3) is 2.42. The lowest BCUT2D eigenvalue weighted by Crippen LogP contribution is -2.54. The van der Waals surface area contributed by atoms with E-state index in [0.717, 1.165) is 6.42 Å². The molecule has 3 nitrogen and oxygen atoms in total. The molecular weight excluding hydrogens is 392 g/mol. The zero-order valence-electron chi connectivity index (χ0n) is 19.4. The van der Waals surface area contributed by atoms with Crippen molar-refractivity contribution >= 4 is 10.8 Å². The second-order valence-electron chi connectivity index (χ2n) is 11.4. The number of ether oxygens (including phenoxy) is 1. The van der Waals surface area contributed by atoms with Gasteiger partial charge < -0.3 is 10.1 Å². The molecule has 3 fully saturated rings. The highest BCUT2D eigenvalue weighted by atomic mass is 16.5. The van der Waals surface area contributed by atoms with Gasteiger partial charge in [-0.3, -0.25) is 4.98 Å². The van der Waals surface area contributed by atoms with Crippen molar-refractivity contribution in [2.45, 2.75) is 81.5 Å². The minimum Gasteiger partial charge on any atom is -0.359 e. The van der Waals surface area contributed by atoms with E-state index in [0.29, 0.717) is 17.9 Å². The molecule has 32 heavy (non-hydrogen) atoms. The van der Waals surface area contributed by atoms with Gasteiger partial charge in [-0.25, -0.2) is 0 Å². The average Bonchev–Trinajstić information content (AvgIpc) is 3.33. The zero-order chi connectivity index (χ0) is 21.6. The van der Waals surface area contributed by atoms with Gasteiger partial charge in [0, 0.05) is 23.8 Å². The van der Waals surface area contributed by atoms with E-state index >= 15 is 0 Å². The molecule has 1 aromatic carbocycles. The third-order valence-electron chi connectivity index (χ3n) is 10.2. The number of fused-ring (bicyclic) bond motifs is 2. The molecular formula is C29H34N2O. The molecule has 3 aliphatic carbocycles. The standard InChI is InChI=1S/C29H34N2O/c1-27-11-9-23-16-22-5-6-24(30-2)17-28(22)12-13-29(23,32-28)26(27)8-7-25(27)20-4-3-19-10-14-31-18-21(19)15-20/h3-4,9-10,14-16,18,24-26,30H,5-8,11-13,17H2,1-2H3/t24-,25?,26-,27-,28?,29-/m1/s1. The van der Waals surface area contributed by atoms with Crippen LogP contribution in [0.4, 0.5) is 0 Å². The molecule has 2 unspecified atom stereocenters. The van der Waals surface area contributed by atoms with Gasteiger partial charge in [-0.1, -0.05) is 31.2 Å². The van der Waals surface area contributed by atoms with Crippen LogP contribution >= 0.6 is 0 Å². The van der Waals surface area contributed by atoms with Crippen molar-refractivity contribution in [1.82, 2.24) is 10.3 Å². The van der Waals surface area contributed by atoms with Crippen LogP contribution in [-0.2, 0) is 4.74 Å². The molecule has 1 saturated heterocycles. The number of nitrogens with one attached hydrogen (secondary N) is 1. The van der Waals surface area contributed by atoms with Crippen molar-refractivity contribution in [1.29, 1.82) is 0 Å². The highest BCUT2D eigenvalue weighted by Crippen LogP contribution is 2.69. The summed E-state index contributed by atoms with van der Waals surface area (Å²) < 4.78 is 7.36. The van der Waals surface area contributed by atoms with Crippen molar-refractivity contribution < 1.29 is 4.74 Å². The van der Waals surface area contributed by atoms with Gasteiger partial charge in [0.05, 0.1) is 11.2 Å². The highest BCUT2D eigenvalue weighted by molar-refractivity contribution is 5.82. The average molecular weight is 427 g/mol. The van der Waals surface area contributed by atoms with Gasteiger partial charge in [0.2, 0.25) is 0 Å². The van der Waals surface area contributed by atoms with Crippen LogP contribution in [0, 0.1) is 11.3 Å². The molecule has 0 amide bonds. The first kappa shape index (κ1) is 19.5. The minimum absolute atomic E-state index is 0.00573. The van der Waals surface area contributed by atoms with Gasteiger partial charge in [0.15, 0.2) is 0 Å². The Morgan fingerprint density at radius 1 is 1.09 bits per heavy atom. The molecule has 3 heteroatoms. The van der Waals surface area contributed by atoms with E-state index in [1.54, 1.807) is 5.57 Å². The number of allylic oxidation sites excluding steroid dienone is 1. The summed E-state index contributed by atoms with van der Waals surface area (Å²) in [7, 11) is 2.12. The summed E-state index contributed by atoms with van der Waals surface area (Å²) in [4.78, 5) is 4.37. The number of pyridine rings is 1. The van der Waals surface area contributed by atoms with Gasteiger partial charge >= 0.3 is 0 Å². The Labute approximate surface area is 191 Å². The topological polar surface area (TPSA) is 34.2 Å². The normalized spacial score (nSPS) is 42.1. The SMILES string of the molecule is CN[C@@H]1CCC2=CC3=CC[C@]4(C)C(c5ccc6ccncc6c5)CC[C@H]4[C@@]34CCC2(C1)O4. The van der Waals surface area contributed by atoms with Crippen LogP contribution < -0.4 is 5.32 Å². The predicted molar refractivity (Wildman–Crippen MR) is 129 cm³/mol. The first-order valence-electron chi connectivity index (χ1n) is 12.7. The Bertz CT molecular complexity index is 1170. The number of rotatable bonds is 2. The Hall–Kier alpha value is -1.97. The van der Waals surface area contributed by atoms with Crippen LogP contribution in [0.15, 0.2) is 60.0 Å². The third-order valence-corrected chi connectivity index (χ3v) is 10.2. The van der Waals surface area contributed by atoms with Crippen LogP contribution in [0.2, 0.25) is 0 Å². The molecule has 1 aromatic heterocycles. The maximum Gasteiger partial charge on any atom is 0.0974 e. The highest BCUT2D eigenvalue weighted by Gasteiger charge is 2.66. The van der Waals surface area contributed by atoms with E-state index in [4.69, 9.17) is 4.74 Å². The fourth-order valence-electron chi connectivity index (χ4n) is 8.52. The van der Waals surface area contributed by atoms with Gasteiger partial charge in [0.25, 0.3) is 0 Å². The summed E-state index contributed by atoms with van der Waals surface area (Å²) in [6, 6.07) is 9.79. The smallest absolute Gasteiger partial charge is 0.0974 e. The molecule has 0 radical (unpaired) electrons. The molecule has 2 spiro atoms. The maximum atomic E-state index is 7.36. The number of hydrogen-bond acceptors (Lipinski definition) is 3. The lowest BCUT2D eigenvalue weighted by Gasteiger charge is -2.54. The van der Waals surface area contributed by atoms with Crippen LogP contribution in [0.25, 0.3) is 10.8 Å². The molecule has 7 rings (SSSR count). The minimum atomic E-state index is -0.0563. The van der Waals surface area contributed by atoms with Crippen LogP contribution in [0.5, 0.6) is 0 Å². The van der Waals surface area contributed by atoms with Crippen LogP contribution in [0.3, 0.4) is 0 Å². The fraction of sp³-hybridized carbons (Fsp3) is 0.552. The van der Waals surface area contributed by atoms with E-state index in [2.05, 4.69) is 60.7 Å². The van der Waals surface area contributed by atoms with Crippen molar-refractivity contribution in [3.05, 3.63) is 65.5 Å². The molecule has 166 valence electrons. The monoisotopic (exact) mass is 426 g/mol. The molecule has 2 aromatic rings. The summed E-state index contributed by atoms with van der Waals surface area (Å²) in [6.07, 6.45) is 18.8. The van der Waals surface area contributed by atoms with Crippen molar-refractivity contribution in [3.8, 4) is 0 Å². The van der Waals surface area contributed by atoms with Crippen molar-refractivity contribution in [3.63, 3.8) is 0 Å². The Balaban J connectivity index is 1.29. The van der Waals surface area contributed by atoms with Crippen molar-refractivity contribution in [2.24, 2.45) is 11.3 Å². The molecule has 1 N–H and O–H groups in total. The summed E-state index contributed by atoms with van der Waals surface area (Å²) >= 11 is 0. The molecule has 5 aliphatic rings. The van der Waals surface area contributed by atoms with Crippen LogP contribution in [-0.4, -0.2) is 29.3 Å². The lowest BCUT2D eigenvalue weighted by atomic mass is 9.58. The maximum absolute atomic E-state index is 7.36. The molecule has 3 heterocycles. The fourth-order valence-corrected chi connectivity index (χ4v) is 8.52. The quantitative estimate of drug-likeness (QED) is 0.633. The Kier molecular flexibility index (Phi) is 3.99. The summed E-state index contributed by atoms with van der Waals surface area (Å²) in [5, 5.41) is 6.11. The van der Waals surface area contributed by atoms with Gasteiger partial charge in [0.1, 0.15) is 0 Å².